The molecular formula is C13H16BrN5. The van der Waals surface area contributed by atoms with Gasteiger partial charge in [-0.15, -0.1) is 0 Å². The first-order valence-electron chi connectivity index (χ1n) is 5.80. The molecule has 0 aliphatic carbocycles. The second-order valence-corrected chi connectivity index (χ2v) is 5.37. The highest BCUT2D eigenvalue weighted by Crippen LogP contribution is 2.24. The van der Waals surface area contributed by atoms with Crippen molar-refractivity contribution in [3.05, 3.63) is 46.2 Å². The van der Waals surface area contributed by atoms with E-state index in [1.54, 1.807) is 4.68 Å². The molecule has 0 aliphatic heterocycles. The lowest BCUT2D eigenvalue weighted by atomic mass is 10.1. The number of benzene rings is 1. The van der Waals surface area contributed by atoms with Crippen LogP contribution in [-0.4, -0.2) is 22.7 Å². The molecule has 5 nitrogen and oxygen atoms in total. The summed E-state index contributed by atoms with van der Waals surface area (Å²) in [6.07, 6.45) is 3.81. The average Bonchev–Trinajstić information content (AvgIpc) is 2.74. The Hall–Kier alpha value is -1.82. The van der Waals surface area contributed by atoms with E-state index in [-0.39, 0.29) is 5.84 Å². The molecule has 0 saturated heterocycles. The summed E-state index contributed by atoms with van der Waals surface area (Å²) in [6.45, 7) is 0.718. The monoisotopic (exact) mass is 321 g/mol. The fourth-order valence-electron chi connectivity index (χ4n) is 1.97. The van der Waals surface area contributed by atoms with Crippen LogP contribution >= 0.6 is 15.9 Å². The maximum Gasteiger partial charge on any atom is 0.124 e. The number of halogens is 1. The van der Waals surface area contributed by atoms with Crippen LogP contribution < -0.4 is 10.6 Å². The number of nitrogens with two attached hydrogens (primary N) is 1. The molecule has 19 heavy (non-hydrogen) atoms. The van der Waals surface area contributed by atoms with Crippen LogP contribution in [0.2, 0.25) is 0 Å². The highest BCUT2D eigenvalue weighted by atomic mass is 79.9. The van der Waals surface area contributed by atoms with Gasteiger partial charge in [-0.25, -0.2) is 0 Å². The van der Waals surface area contributed by atoms with Crippen LogP contribution in [0, 0.1) is 5.41 Å². The van der Waals surface area contributed by atoms with Crippen molar-refractivity contribution >= 4 is 27.5 Å². The quantitative estimate of drug-likeness (QED) is 0.669. The Morgan fingerprint density at radius 3 is 2.84 bits per heavy atom. The molecule has 0 unspecified atom stereocenters. The molecule has 6 heteroatoms. The third kappa shape index (κ3) is 3.14. The zero-order chi connectivity index (χ0) is 14.0. The number of nitrogens with one attached hydrogen (secondary N) is 1. The molecule has 0 fully saturated rings. The lowest BCUT2D eigenvalue weighted by molar-refractivity contribution is 0.766. The van der Waals surface area contributed by atoms with Crippen LogP contribution in [0.5, 0.6) is 0 Å². The van der Waals surface area contributed by atoms with Crippen molar-refractivity contribution in [2.45, 2.75) is 6.54 Å². The van der Waals surface area contributed by atoms with Gasteiger partial charge >= 0.3 is 0 Å². The van der Waals surface area contributed by atoms with E-state index < -0.39 is 0 Å². The number of anilines is 1. The van der Waals surface area contributed by atoms with Crippen LogP contribution in [0.15, 0.2) is 35.1 Å². The molecule has 0 radical (unpaired) electrons. The summed E-state index contributed by atoms with van der Waals surface area (Å²) in [5.74, 6) is 0.0642. The number of nitrogen functional groups attached to an aromatic ring is 1. The lowest BCUT2D eigenvalue weighted by Gasteiger charge is -2.21. The minimum absolute atomic E-state index is 0.0642. The van der Waals surface area contributed by atoms with Crippen LogP contribution in [0.1, 0.15) is 11.1 Å². The molecule has 3 N–H and O–H groups in total. The largest absolute Gasteiger partial charge is 0.384 e. The minimum atomic E-state index is 0.0642. The molecule has 2 rings (SSSR count). The molecular weight excluding hydrogens is 306 g/mol. The number of hydrogen-bond donors (Lipinski definition) is 2. The average molecular weight is 322 g/mol. The molecule has 2 aromatic rings. The number of nitrogens with zero attached hydrogens (tertiary/aromatic N) is 3. The van der Waals surface area contributed by atoms with Gasteiger partial charge in [0.25, 0.3) is 0 Å². The SMILES string of the molecule is CN(Cc1cnn(C)c1)c1ccc(Br)cc1C(=N)N. The van der Waals surface area contributed by atoms with Gasteiger partial charge in [-0.3, -0.25) is 10.1 Å². The molecule has 1 aromatic carbocycles. The van der Waals surface area contributed by atoms with Gasteiger partial charge in [-0.05, 0) is 18.2 Å². The topological polar surface area (TPSA) is 70.9 Å². The predicted octanol–water partition coefficient (Wildman–Crippen LogP) is 2.10. The van der Waals surface area contributed by atoms with Crippen LogP contribution in [0.25, 0.3) is 0 Å². The Morgan fingerprint density at radius 1 is 1.53 bits per heavy atom. The molecule has 0 bridgehead atoms. The number of hydrogen-bond acceptors (Lipinski definition) is 3. The molecule has 100 valence electrons. The molecule has 0 atom stereocenters. The summed E-state index contributed by atoms with van der Waals surface area (Å²) in [5.41, 5.74) is 8.40. The van der Waals surface area contributed by atoms with E-state index in [1.165, 1.54) is 0 Å². The van der Waals surface area contributed by atoms with Gasteiger partial charge in [0, 0.05) is 48.1 Å². The van der Waals surface area contributed by atoms with Gasteiger partial charge < -0.3 is 10.6 Å². The maximum atomic E-state index is 7.66. The van der Waals surface area contributed by atoms with Gasteiger partial charge in [0.2, 0.25) is 0 Å². The van der Waals surface area contributed by atoms with Crippen molar-refractivity contribution in [2.24, 2.45) is 12.8 Å². The second-order valence-electron chi connectivity index (χ2n) is 4.45. The van der Waals surface area contributed by atoms with Crippen LogP contribution in [-0.2, 0) is 13.6 Å². The van der Waals surface area contributed by atoms with E-state index in [1.807, 2.05) is 44.7 Å². The summed E-state index contributed by atoms with van der Waals surface area (Å²) in [7, 11) is 3.87. The predicted molar refractivity (Wildman–Crippen MR) is 80.5 cm³/mol. The fourth-order valence-corrected chi connectivity index (χ4v) is 2.33. The smallest absolute Gasteiger partial charge is 0.124 e. The Balaban J connectivity index is 2.28. The second kappa shape index (κ2) is 5.44. The zero-order valence-corrected chi connectivity index (χ0v) is 12.5. The van der Waals surface area contributed by atoms with E-state index in [4.69, 9.17) is 11.1 Å². The maximum absolute atomic E-state index is 7.66. The number of aromatic nitrogens is 2. The van der Waals surface area contributed by atoms with Crippen molar-refractivity contribution in [1.82, 2.24) is 9.78 Å². The Bertz CT molecular complexity index is 605. The zero-order valence-electron chi connectivity index (χ0n) is 10.9. The van der Waals surface area contributed by atoms with E-state index in [2.05, 4.69) is 25.9 Å². The van der Waals surface area contributed by atoms with Crippen LogP contribution in [0.3, 0.4) is 0 Å². The van der Waals surface area contributed by atoms with Gasteiger partial charge in [-0.2, -0.15) is 5.10 Å². The summed E-state index contributed by atoms with van der Waals surface area (Å²) in [6, 6.07) is 5.76. The van der Waals surface area contributed by atoms with Gasteiger partial charge in [0.05, 0.1) is 6.20 Å². The van der Waals surface area contributed by atoms with Crippen molar-refractivity contribution < 1.29 is 0 Å². The summed E-state index contributed by atoms with van der Waals surface area (Å²) in [5, 5.41) is 11.8. The number of aryl methyl sites for hydroxylation is 1. The summed E-state index contributed by atoms with van der Waals surface area (Å²) >= 11 is 3.40. The summed E-state index contributed by atoms with van der Waals surface area (Å²) < 4.78 is 2.69. The number of rotatable bonds is 4. The van der Waals surface area contributed by atoms with Crippen molar-refractivity contribution in [3.63, 3.8) is 0 Å². The third-order valence-corrected chi connectivity index (χ3v) is 3.33. The first-order chi connectivity index (χ1) is 8.97. The molecule has 1 aromatic heterocycles. The molecule has 0 aliphatic rings. The summed E-state index contributed by atoms with van der Waals surface area (Å²) in [4.78, 5) is 2.06. The van der Waals surface area contributed by atoms with E-state index in [9.17, 15) is 0 Å². The van der Waals surface area contributed by atoms with E-state index in [0.29, 0.717) is 0 Å². The van der Waals surface area contributed by atoms with Crippen LogP contribution in [0.4, 0.5) is 5.69 Å². The number of amidine groups is 1. The molecule has 1 heterocycles. The van der Waals surface area contributed by atoms with E-state index >= 15 is 0 Å². The van der Waals surface area contributed by atoms with Crippen molar-refractivity contribution in [3.8, 4) is 0 Å². The normalized spacial score (nSPS) is 10.5. The van der Waals surface area contributed by atoms with Gasteiger partial charge in [0.15, 0.2) is 0 Å². The molecule has 0 saturated carbocycles. The Labute approximate surface area is 120 Å². The van der Waals surface area contributed by atoms with Gasteiger partial charge in [-0.1, -0.05) is 15.9 Å². The standard InChI is InChI=1S/C13H16BrN5/c1-18(7-9-6-17-19(2)8-9)12-4-3-10(14)5-11(12)13(15)16/h3-6,8H,7H2,1-2H3,(H3,15,16). The third-order valence-electron chi connectivity index (χ3n) is 2.84. The Morgan fingerprint density at radius 2 is 2.26 bits per heavy atom. The van der Waals surface area contributed by atoms with E-state index in [0.717, 1.165) is 27.8 Å². The molecule has 0 spiro atoms. The van der Waals surface area contributed by atoms with Crippen molar-refractivity contribution in [1.29, 1.82) is 5.41 Å². The van der Waals surface area contributed by atoms with Crippen molar-refractivity contribution in [2.75, 3.05) is 11.9 Å². The first kappa shape index (κ1) is 13.6. The highest BCUT2D eigenvalue weighted by Gasteiger charge is 2.11. The lowest BCUT2D eigenvalue weighted by Crippen LogP contribution is -2.21. The Kier molecular flexibility index (Phi) is 3.90. The first-order valence-corrected chi connectivity index (χ1v) is 6.59. The fraction of sp³-hybridized carbons (Fsp3) is 0.231. The molecule has 0 amide bonds. The van der Waals surface area contributed by atoms with Gasteiger partial charge in [0.1, 0.15) is 5.84 Å². The highest BCUT2D eigenvalue weighted by molar-refractivity contribution is 9.10. The minimum Gasteiger partial charge on any atom is -0.384 e.